The van der Waals surface area contributed by atoms with E-state index in [1.165, 1.54) is 38.6 Å². The molecule has 2 heteroatoms. The number of nitrogens with zero attached hydrogens (tertiary/aromatic N) is 1. The van der Waals surface area contributed by atoms with Gasteiger partial charge >= 0.3 is 0 Å². The van der Waals surface area contributed by atoms with E-state index >= 15 is 0 Å². The summed E-state index contributed by atoms with van der Waals surface area (Å²) in [5.74, 6) is 2.21. The third-order valence-corrected chi connectivity index (χ3v) is 5.85. The molecule has 0 aromatic heterocycles. The highest BCUT2D eigenvalue weighted by molar-refractivity contribution is 4.87. The van der Waals surface area contributed by atoms with Crippen LogP contribution in [0, 0.1) is 23.2 Å². The molecule has 3 unspecified atom stereocenters. The molecular formula is C18H35NO. The average molecular weight is 281 g/mol. The Balaban J connectivity index is 1.87. The maximum atomic E-state index is 10.4. The second kappa shape index (κ2) is 6.79. The van der Waals surface area contributed by atoms with Gasteiger partial charge in [-0.05, 0) is 61.8 Å². The van der Waals surface area contributed by atoms with Gasteiger partial charge in [-0.1, -0.05) is 34.1 Å². The highest BCUT2D eigenvalue weighted by Crippen LogP contribution is 2.40. The van der Waals surface area contributed by atoms with Crippen molar-refractivity contribution < 1.29 is 5.11 Å². The molecule has 2 aliphatic rings. The van der Waals surface area contributed by atoms with Crippen LogP contribution >= 0.6 is 0 Å². The average Bonchev–Trinajstić information content (AvgIpc) is 2.32. The SMILES string of the molecule is CCN(CC1CCC1)CC1CC(C(C)(C)C)CCC1O. The van der Waals surface area contributed by atoms with E-state index in [-0.39, 0.29) is 6.10 Å². The minimum atomic E-state index is -0.0657. The van der Waals surface area contributed by atoms with Crippen molar-refractivity contribution in [2.24, 2.45) is 23.2 Å². The van der Waals surface area contributed by atoms with Gasteiger partial charge in [-0.2, -0.15) is 0 Å². The van der Waals surface area contributed by atoms with Gasteiger partial charge in [-0.3, -0.25) is 0 Å². The second-order valence-corrected chi connectivity index (χ2v) is 8.35. The Bertz CT molecular complexity index is 292. The Labute approximate surface area is 125 Å². The zero-order valence-corrected chi connectivity index (χ0v) is 14.1. The molecule has 0 amide bonds. The predicted molar refractivity (Wildman–Crippen MR) is 85.7 cm³/mol. The van der Waals surface area contributed by atoms with Crippen LogP contribution in [0.4, 0.5) is 0 Å². The van der Waals surface area contributed by atoms with Crippen LogP contribution < -0.4 is 0 Å². The van der Waals surface area contributed by atoms with Crippen molar-refractivity contribution in [2.75, 3.05) is 19.6 Å². The summed E-state index contributed by atoms with van der Waals surface area (Å²) in [6.45, 7) is 12.9. The molecule has 0 spiro atoms. The van der Waals surface area contributed by atoms with Gasteiger partial charge in [0.15, 0.2) is 0 Å². The Hall–Kier alpha value is -0.0800. The van der Waals surface area contributed by atoms with Gasteiger partial charge in [0.1, 0.15) is 0 Å². The minimum Gasteiger partial charge on any atom is -0.393 e. The van der Waals surface area contributed by atoms with Crippen LogP contribution in [0.5, 0.6) is 0 Å². The lowest BCUT2D eigenvalue weighted by Gasteiger charge is -2.42. The van der Waals surface area contributed by atoms with Crippen LogP contribution in [-0.4, -0.2) is 35.7 Å². The number of aliphatic hydroxyl groups is 1. The molecule has 0 heterocycles. The second-order valence-electron chi connectivity index (χ2n) is 8.35. The normalized spacial score (nSPS) is 32.4. The Morgan fingerprint density at radius 2 is 1.75 bits per heavy atom. The summed E-state index contributed by atoms with van der Waals surface area (Å²) in [6.07, 6.45) is 7.64. The van der Waals surface area contributed by atoms with Crippen molar-refractivity contribution in [3.8, 4) is 0 Å². The van der Waals surface area contributed by atoms with Crippen molar-refractivity contribution in [1.82, 2.24) is 4.90 Å². The Morgan fingerprint density at radius 3 is 2.25 bits per heavy atom. The summed E-state index contributed by atoms with van der Waals surface area (Å²) in [5.41, 5.74) is 0.392. The molecule has 2 fully saturated rings. The van der Waals surface area contributed by atoms with E-state index < -0.39 is 0 Å². The quantitative estimate of drug-likeness (QED) is 0.825. The topological polar surface area (TPSA) is 23.5 Å². The standard InChI is InChI=1S/C18H35NO/c1-5-19(12-14-7-6-8-14)13-15-11-16(18(2,3)4)9-10-17(15)20/h14-17,20H,5-13H2,1-4H3. The third-order valence-electron chi connectivity index (χ3n) is 5.85. The van der Waals surface area contributed by atoms with E-state index in [1.54, 1.807) is 0 Å². The van der Waals surface area contributed by atoms with Gasteiger partial charge in [-0.15, -0.1) is 0 Å². The fraction of sp³-hybridized carbons (Fsp3) is 1.00. The van der Waals surface area contributed by atoms with Crippen molar-refractivity contribution in [3.63, 3.8) is 0 Å². The Kier molecular flexibility index (Phi) is 5.53. The summed E-state index contributed by atoms with van der Waals surface area (Å²) in [7, 11) is 0. The smallest absolute Gasteiger partial charge is 0.0580 e. The molecule has 3 atom stereocenters. The monoisotopic (exact) mass is 281 g/mol. The van der Waals surface area contributed by atoms with Gasteiger partial charge in [-0.25, -0.2) is 0 Å². The van der Waals surface area contributed by atoms with Crippen LogP contribution in [0.15, 0.2) is 0 Å². The van der Waals surface area contributed by atoms with Crippen molar-refractivity contribution in [3.05, 3.63) is 0 Å². The van der Waals surface area contributed by atoms with Crippen molar-refractivity contribution in [1.29, 1.82) is 0 Å². The van der Waals surface area contributed by atoms with E-state index in [0.29, 0.717) is 11.3 Å². The van der Waals surface area contributed by atoms with Crippen molar-refractivity contribution in [2.45, 2.75) is 72.3 Å². The van der Waals surface area contributed by atoms with E-state index in [0.717, 1.165) is 31.3 Å². The maximum Gasteiger partial charge on any atom is 0.0580 e. The van der Waals surface area contributed by atoms with E-state index in [9.17, 15) is 5.11 Å². The number of hydrogen-bond donors (Lipinski definition) is 1. The first-order chi connectivity index (χ1) is 9.40. The van der Waals surface area contributed by atoms with Gasteiger partial charge in [0.25, 0.3) is 0 Å². The molecule has 2 rings (SSSR count). The fourth-order valence-electron chi connectivity index (χ4n) is 3.94. The fourth-order valence-corrected chi connectivity index (χ4v) is 3.94. The summed E-state index contributed by atoms with van der Waals surface area (Å²) in [6, 6.07) is 0. The molecule has 0 bridgehead atoms. The molecule has 0 aliphatic heterocycles. The highest BCUT2D eigenvalue weighted by atomic mass is 16.3. The molecule has 0 saturated heterocycles. The summed E-state index contributed by atoms with van der Waals surface area (Å²) in [5, 5.41) is 10.4. The molecule has 0 aromatic carbocycles. The molecule has 0 radical (unpaired) electrons. The lowest BCUT2D eigenvalue weighted by Crippen LogP contribution is -2.43. The van der Waals surface area contributed by atoms with Gasteiger partial charge in [0, 0.05) is 13.1 Å². The molecular weight excluding hydrogens is 246 g/mol. The van der Waals surface area contributed by atoms with E-state index in [2.05, 4.69) is 32.6 Å². The lowest BCUT2D eigenvalue weighted by atomic mass is 9.68. The molecule has 2 nitrogen and oxygen atoms in total. The molecule has 2 saturated carbocycles. The Morgan fingerprint density at radius 1 is 1.05 bits per heavy atom. The number of hydrogen-bond acceptors (Lipinski definition) is 2. The van der Waals surface area contributed by atoms with Gasteiger partial charge in [0.2, 0.25) is 0 Å². The highest BCUT2D eigenvalue weighted by Gasteiger charge is 2.36. The zero-order chi connectivity index (χ0) is 14.8. The molecule has 1 N–H and O–H groups in total. The van der Waals surface area contributed by atoms with Crippen LogP contribution in [0.3, 0.4) is 0 Å². The first-order valence-electron chi connectivity index (χ1n) is 8.80. The van der Waals surface area contributed by atoms with E-state index in [1.807, 2.05) is 0 Å². The van der Waals surface area contributed by atoms with Gasteiger partial charge < -0.3 is 10.0 Å². The minimum absolute atomic E-state index is 0.0657. The maximum absolute atomic E-state index is 10.4. The number of aliphatic hydroxyl groups excluding tert-OH is 1. The molecule has 2 aliphatic carbocycles. The zero-order valence-electron chi connectivity index (χ0n) is 14.1. The van der Waals surface area contributed by atoms with Crippen molar-refractivity contribution >= 4 is 0 Å². The summed E-state index contributed by atoms with van der Waals surface area (Å²) < 4.78 is 0. The largest absolute Gasteiger partial charge is 0.393 e. The summed E-state index contributed by atoms with van der Waals surface area (Å²) >= 11 is 0. The van der Waals surface area contributed by atoms with Gasteiger partial charge in [0.05, 0.1) is 6.10 Å². The molecule has 0 aromatic rings. The molecule has 20 heavy (non-hydrogen) atoms. The van der Waals surface area contributed by atoms with E-state index in [4.69, 9.17) is 0 Å². The van der Waals surface area contributed by atoms with Crippen LogP contribution in [0.1, 0.15) is 66.2 Å². The van der Waals surface area contributed by atoms with Crippen LogP contribution in [-0.2, 0) is 0 Å². The third kappa shape index (κ3) is 4.21. The lowest BCUT2D eigenvalue weighted by molar-refractivity contribution is 0.000207. The van der Waals surface area contributed by atoms with Crippen LogP contribution in [0.25, 0.3) is 0 Å². The first kappa shape index (κ1) is 16.3. The summed E-state index contributed by atoms with van der Waals surface area (Å²) in [4.78, 5) is 2.60. The molecule has 118 valence electrons. The number of rotatable bonds is 5. The first-order valence-corrected chi connectivity index (χ1v) is 8.80. The predicted octanol–water partition coefficient (Wildman–Crippen LogP) is 3.93. The van der Waals surface area contributed by atoms with Crippen LogP contribution in [0.2, 0.25) is 0 Å².